The Morgan fingerprint density at radius 2 is 1.63 bits per heavy atom. The van der Waals surface area contributed by atoms with Crippen LogP contribution >= 0.6 is 0 Å². The number of hydrogen-bond donors (Lipinski definition) is 2. The van der Waals surface area contributed by atoms with Gasteiger partial charge in [0.25, 0.3) is 5.56 Å². The minimum absolute atomic E-state index is 0.270. The highest BCUT2D eigenvalue weighted by molar-refractivity contribution is 4.98. The molecule has 0 amide bonds. The molecule has 1 aliphatic rings. The van der Waals surface area contributed by atoms with Gasteiger partial charge in [-0.3, -0.25) is 14.8 Å². The van der Waals surface area contributed by atoms with Crippen LogP contribution in [-0.2, 0) is 0 Å². The quantitative estimate of drug-likeness (QED) is 0.778. The van der Waals surface area contributed by atoms with Gasteiger partial charge in [0.1, 0.15) is 0 Å². The molecular weight excluding hydrogens is 244 g/mol. The predicted octanol–water partition coefficient (Wildman–Crippen LogP) is 0.393. The summed E-state index contributed by atoms with van der Waals surface area (Å²) in [4.78, 5) is 36.8. The molecule has 1 aliphatic heterocycles. The number of aromatic nitrogens is 2. The fraction of sp³-hybridized carbons (Fsp3) is 0.692. The summed E-state index contributed by atoms with van der Waals surface area (Å²) in [5, 5.41) is 0.270. The normalized spacial score (nSPS) is 15.7. The van der Waals surface area contributed by atoms with E-state index in [1.807, 2.05) is 0 Å². The van der Waals surface area contributed by atoms with Crippen molar-refractivity contribution in [3.05, 3.63) is 31.7 Å². The molecule has 6 heteroatoms. The number of nitrogens with one attached hydrogen (secondary N) is 2. The van der Waals surface area contributed by atoms with Crippen molar-refractivity contribution >= 4 is 0 Å². The van der Waals surface area contributed by atoms with Crippen LogP contribution in [0.25, 0.3) is 0 Å². The maximum Gasteiger partial charge on any atom is 0.327 e. The minimum atomic E-state index is -0.550. The molecule has 0 aromatic carbocycles. The summed E-state index contributed by atoms with van der Waals surface area (Å²) < 4.78 is 0. The van der Waals surface area contributed by atoms with Crippen LogP contribution in [0.3, 0.4) is 0 Å². The number of hydrogen-bond acceptors (Lipinski definition) is 4. The standard InChI is InChI=1S/C13H20N4O2/c1-3-5-7-13(8-6-4-2)16-9-10(17-13)14-12(19)15-11(9)18/h3-8H2,1-2H3,(H2,14,15,17,18,19). The van der Waals surface area contributed by atoms with E-state index in [0.717, 1.165) is 38.5 Å². The zero-order valence-electron chi connectivity index (χ0n) is 11.5. The summed E-state index contributed by atoms with van der Waals surface area (Å²) in [6.07, 6.45) is 5.77. The Kier molecular flexibility index (Phi) is 3.97. The molecule has 19 heavy (non-hydrogen) atoms. The fourth-order valence-corrected chi connectivity index (χ4v) is 2.36. The molecule has 0 spiro atoms. The van der Waals surface area contributed by atoms with E-state index < -0.39 is 16.9 Å². The lowest BCUT2D eigenvalue weighted by atomic mass is 9.97. The average molecular weight is 264 g/mol. The summed E-state index contributed by atoms with van der Waals surface area (Å²) in [5.74, 6) is 0. The number of aromatic amines is 2. The first-order chi connectivity index (χ1) is 9.10. The lowest BCUT2D eigenvalue weighted by Crippen LogP contribution is -2.46. The van der Waals surface area contributed by atoms with Gasteiger partial charge in [0.2, 0.25) is 0 Å². The Labute approximate surface area is 110 Å². The fourth-order valence-electron chi connectivity index (χ4n) is 2.36. The van der Waals surface area contributed by atoms with E-state index >= 15 is 0 Å². The summed E-state index contributed by atoms with van der Waals surface area (Å²) >= 11 is 0. The smallest absolute Gasteiger partial charge is 0.290 e. The molecular formula is C13H20N4O2. The maximum absolute atomic E-state index is 11.7. The van der Waals surface area contributed by atoms with Gasteiger partial charge in [0, 0.05) is 0 Å². The van der Waals surface area contributed by atoms with Gasteiger partial charge in [0.05, 0.1) is 0 Å². The predicted molar refractivity (Wildman–Crippen MR) is 71.8 cm³/mol. The molecule has 6 nitrogen and oxygen atoms in total. The van der Waals surface area contributed by atoms with Crippen molar-refractivity contribution in [3.8, 4) is 0 Å². The largest absolute Gasteiger partial charge is 0.327 e. The molecule has 0 atom stereocenters. The topological polar surface area (TPSA) is 90.4 Å². The van der Waals surface area contributed by atoms with Crippen molar-refractivity contribution in [2.24, 2.45) is 9.98 Å². The third-order valence-electron chi connectivity index (χ3n) is 3.40. The number of rotatable bonds is 6. The van der Waals surface area contributed by atoms with E-state index in [1.54, 1.807) is 0 Å². The van der Waals surface area contributed by atoms with Crippen LogP contribution < -0.4 is 22.1 Å². The van der Waals surface area contributed by atoms with Crippen molar-refractivity contribution in [3.63, 3.8) is 0 Å². The Morgan fingerprint density at radius 3 is 2.21 bits per heavy atom. The number of unbranched alkanes of at least 4 members (excludes halogenated alkanes) is 2. The third-order valence-corrected chi connectivity index (χ3v) is 3.40. The molecule has 2 rings (SSSR count). The van der Waals surface area contributed by atoms with Gasteiger partial charge in [-0.05, 0) is 25.7 Å². The second-order valence-electron chi connectivity index (χ2n) is 5.02. The van der Waals surface area contributed by atoms with Crippen LogP contribution in [0.5, 0.6) is 0 Å². The minimum Gasteiger partial charge on any atom is -0.290 e. The van der Waals surface area contributed by atoms with Gasteiger partial charge >= 0.3 is 5.69 Å². The lowest BCUT2D eigenvalue weighted by Gasteiger charge is -2.22. The third kappa shape index (κ3) is 2.83. The van der Waals surface area contributed by atoms with Crippen LogP contribution in [0.1, 0.15) is 52.4 Å². The monoisotopic (exact) mass is 264 g/mol. The number of H-pyrrole nitrogens is 2. The van der Waals surface area contributed by atoms with E-state index in [1.165, 1.54) is 0 Å². The highest BCUT2D eigenvalue weighted by Crippen LogP contribution is 2.27. The SMILES string of the molecule is CCCCC1(CCCC)N=c2[nH]c(=O)[nH]c(=O)c2=N1. The first-order valence-corrected chi connectivity index (χ1v) is 6.92. The molecule has 0 bridgehead atoms. The van der Waals surface area contributed by atoms with Gasteiger partial charge in [-0.15, -0.1) is 0 Å². The van der Waals surface area contributed by atoms with E-state index in [4.69, 9.17) is 0 Å². The zero-order valence-corrected chi connectivity index (χ0v) is 11.5. The van der Waals surface area contributed by atoms with Crippen LogP contribution in [0.2, 0.25) is 0 Å². The number of nitrogens with zero attached hydrogens (tertiary/aromatic N) is 2. The van der Waals surface area contributed by atoms with Crippen LogP contribution in [0.15, 0.2) is 19.6 Å². The first-order valence-electron chi connectivity index (χ1n) is 6.92. The molecule has 2 N–H and O–H groups in total. The molecule has 0 radical (unpaired) electrons. The second-order valence-corrected chi connectivity index (χ2v) is 5.02. The Morgan fingerprint density at radius 1 is 1.00 bits per heavy atom. The van der Waals surface area contributed by atoms with Crippen molar-refractivity contribution in [2.75, 3.05) is 0 Å². The van der Waals surface area contributed by atoms with E-state index in [2.05, 4.69) is 33.8 Å². The van der Waals surface area contributed by atoms with E-state index in [0.29, 0.717) is 5.49 Å². The van der Waals surface area contributed by atoms with Crippen molar-refractivity contribution < 1.29 is 0 Å². The van der Waals surface area contributed by atoms with Crippen LogP contribution in [0, 0.1) is 0 Å². The Balaban J connectivity index is 2.48. The van der Waals surface area contributed by atoms with Crippen molar-refractivity contribution in [2.45, 2.75) is 58.0 Å². The molecule has 0 aliphatic carbocycles. The van der Waals surface area contributed by atoms with Crippen molar-refractivity contribution in [1.29, 1.82) is 0 Å². The summed E-state index contributed by atoms with van der Waals surface area (Å²) in [5.41, 5.74) is -1.19. The van der Waals surface area contributed by atoms with Crippen LogP contribution in [-0.4, -0.2) is 15.6 Å². The Bertz CT molecular complexity index is 663. The van der Waals surface area contributed by atoms with Gasteiger partial charge < -0.3 is 0 Å². The zero-order chi connectivity index (χ0) is 13.9. The highest BCUT2D eigenvalue weighted by Gasteiger charge is 2.31. The second kappa shape index (κ2) is 5.50. The molecule has 104 valence electrons. The maximum atomic E-state index is 11.7. The molecule has 1 aromatic heterocycles. The average Bonchev–Trinajstić information content (AvgIpc) is 2.73. The van der Waals surface area contributed by atoms with Gasteiger partial charge in [-0.1, -0.05) is 26.7 Å². The van der Waals surface area contributed by atoms with E-state index in [-0.39, 0.29) is 5.36 Å². The van der Waals surface area contributed by atoms with Crippen LogP contribution in [0.4, 0.5) is 0 Å². The number of fused-ring (bicyclic) bond motifs is 1. The molecule has 0 saturated carbocycles. The van der Waals surface area contributed by atoms with Gasteiger partial charge in [0.15, 0.2) is 16.5 Å². The highest BCUT2D eigenvalue weighted by atomic mass is 16.2. The summed E-state index contributed by atoms with van der Waals surface area (Å²) in [6, 6.07) is 0. The van der Waals surface area contributed by atoms with Crippen molar-refractivity contribution in [1.82, 2.24) is 9.97 Å². The Hall–Kier alpha value is -1.72. The lowest BCUT2D eigenvalue weighted by molar-refractivity contribution is 0.358. The molecule has 0 fully saturated rings. The summed E-state index contributed by atoms with van der Waals surface area (Å²) in [6.45, 7) is 4.23. The molecule has 1 aromatic rings. The van der Waals surface area contributed by atoms with Gasteiger partial charge in [-0.2, -0.15) is 0 Å². The van der Waals surface area contributed by atoms with Gasteiger partial charge in [-0.25, -0.2) is 14.8 Å². The molecule has 2 heterocycles. The summed E-state index contributed by atoms with van der Waals surface area (Å²) in [7, 11) is 0. The molecule has 0 unspecified atom stereocenters. The molecule has 0 saturated heterocycles. The van der Waals surface area contributed by atoms with E-state index in [9.17, 15) is 9.59 Å². The first kappa shape index (κ1) is 13.7.